The molecule has 0 aromatic heterocycles. The zero-order valence-electron chi connectivity index (χ0n) is 11.6. The number of benzene rings is 1. The molecule has 0 fully saturated rings. The number of nitrogen functional groups attached to an aromatic ring is 1. The van der Waals surface area contributed by atoms with Crippen LogP contribution in [0.2, 0.25) is 0 Å². The fraction of sp³-hybridized carbons (Fsp3) is 0.455. The predicted molar refractivity (Wildman–Crippen MR) is 80.8 cm³/mol. The van der Waals surface area contributed by atoms with Crippen LogP contribution < -0.4 is 10.5 Å². The van der Waals surface area contributed by atoms with Gasteiger partial charge in [-0.15, -0.1) is 0 Å². The molecular formula is C11H17N3O5S2. The summed E-state index contributed by atoms with van der Waals surface area (Å²) < 4.78 is 37.5. The summed E-state index contributed by atoms with van der Waals surface area (Å²) in [4.78, 5) is 9.80. The molecule has 0 aliphatic rings. The van der Waals surface area contributed by atoms with Crippen LogP contribution in [-0.2, 0) is 20.8 Å². The highest BCUT2D eigenvalue weighted by atomic mass is 32.2. The van der Waals surface area contributed by atoms with Crippen LogP contribution in [0.25, 0.3) is 0 Å². The number of anilines is 1. The molecule has 1 aromatic carbocycles. The number of nitrogens with two attached hydrogens (primary N) is 1. The number of nitrogens with one attached hydrogen (secondary N) is 1. The molecule has 10 heteroatoms. The normalized spacial score (nSPS) is 14.6. The van der Waals surface area contributed by atoms with Crippen molar-refractivity contribution in [2.24, 2.45) is 0 Å². The van der Waals surface area contributed by atoms with Crippen LogP contribution in [0.4, 0.5) is 11.4 Å². The van der Waals surface area contributed by atoms with Crippen LogP contribution in [0.15, 0.2) is 23.1 Å². The maximum absolute atomic E-state index is 12.0. The van der Waals surface area contributed by atoms with Crippen LogP contribution in [0.1, 0.15) is 13.3 Å². The first-order valence-electron chi connectivity index (χ1n) is 6.01. The largest absolute Gasteiger partial charge is 0.393 e. The van der Waals surface area contributed by atoms with E-state index in [2.05, 4.69) is 4.72 Å². The standard InChI is InChI=1S/C11H17N3O5S2/c1-8(20(2)17)5-6-13-21(18,19)9-3-4-11(14(15)16)10(12)7-9/h3-4,7-8,13H,5-6,12H2,1-2H3. The number of nitro groups is 1. The smallest absolute Gasteiger partial charge is 0.292 e. The Kier molecular flexibility index (Phi) is 5.81. The van der Waals surface area contributed by atoms with Crippen molar-refractivity contribution < 1.29 is 17.6 Å². The molecule has 8 nitrogen and oxygen atoms in total. The van der Waals surface area contributed by atoms with Gasteiger partial charge < -0.3 is 5.73 Å². The van der Waals surface area contributed by atoms with Crippen molar-refractivity contribution in [2.75, 3.05) is 18.5 Å². The van der Waals surface area contributed by atoms with E-state index in [0.717, 1.165) is 18.2 Å². The third-order valence-electron chi connectivity index (χ3n) is 2.92. The Hall–Kier alpha value is -1.52. The van der Waals surface area contributed by atoms with E-state index in [0.29, 0.717) is 6.42 Å². The van der Waals surface area contributed by atoms with Gasteiger partial charge in [-0.05, 0) is 18.6 Å². The van der Waals surface area contributed by atoms with Gasteiger partial charge in [0, 0.05) is 34.9 Å². The fourth-order valence-corrected chi connectivity index (χ4v) is 3.04. The van der Waals surface area contributed by atoms with Crippen LogP contribution in [0, 0.1) is 10.1 Å². The van der Waals surface area contributed by atoms with Crippen LogP contribution in [-0.4, -0.2) is 35.6 Å². The monoisotopic (exact) mass is 335 g/mol. The van der Waals surface area contributed by atoms with Crippen molar-refractivity contribution in [3.8, 4) is 0 Å². The van der Waals surface area contributed by atoms with Crippen molar-refractivity contribution in [3.05, 3.63) is 28.3 Å². The Bertz CT molecular complexity index is 660. The molecule has 2 unspecified atom stereocenters. The maximum atomic E-state index is 12.0. The molecule has 21 heavy (non-hydrogen) atoms. The van der Waals surface area contributed by atoms with Gasteiger partial charge in [0.25, 0.3) is 5.69 Å². The number of rotatable bonds is 7. The third kappa shape index (κ3) is 4.76. The van der Waals surface area contributed by atoms with Gasteiger partial charge in [0.15, 0.2) is 0 Å². The molecular weight excluding hydrogens is 318 g/mol. The van der Waals surface area contributed by atoms with E-state index in [4.69, 9.17) is 5.73 Å². The van der Waals surface area contributed by atoms with E-state index in [1.54, 1.807) is 13.2 Å². The summed E-state index contributed by atoms with van der Waals surface area (Å²) in [5.74, 6) is 0. The third-order valence-corrected chi connectivity index (χ3v) is 5.74. The van der Waals surface area contributed by atoms with E-state index in [9.17, 15) is 22.7 Å². The molecule has 0 bridgehead atoms. The lowest BCUT2D eigenvalue weighted by atomic mass is 10.3. The van der Waals surface area contributed by atoms with Crippen LogP contribution in [0.5, 0.6) is 0 Å². The van der Waals surface area contributed by atoms with Crippen molar-refractivity contribution in [1.82, 2.24) is 4.72 Å². The Balaban J connectivity index is 2.82. The molecule has 0 spiro atoms. The molecule has 0 amide bonds. The molecule has 1 rings (SSSR count). The van der Waals surface area contributed by atoms with Gasteiger partial charge in [0.05, 0.1) is 9.82 Å². The predicted octanol–water partition coefficient (Wildman–Crippen LogP) is 0.612. The fourth-order valence-electron chi connectivity index (χ4n) is 1.51. The quantitative estimate of drug-likeness (QED) is 0.426. The van der Waals surface area contributed by atoms with Crippen molar-refractivity contribution in [3.63, 3.8) is 0 Å². The number of hydrogen-bond acceptors (Lipinski definition) is 6. The van der Waals surface area contributed by atoms with Crippen molar-refractivity contribution in [1.29, 1.82) is 0 Å². The Morgan fingerprint density at radius 2 is 2.10 bits per heavy atom. The van der Waals surface area contributed by atoms with E-state index in [1.807, 2.05) is 0 Å². The first-order chi connectivity index (χ1) is 9.65. The minimum Gasteiger partial charge on any atom is -0.393 e. The van der Waals surface area contributed by atoms with E-state index >= 15 is 0 Å². The summed E-state index contributed by atoms with van der Waals surface area (Å²) >= 11 is 0. The first-order valence-corrected chi connectivity index (χ1v) is 9.11. The second-order valence-corrected chi connectivity index (χ2v) is 8.04. The zero-order valence-corrected chi connectivity index (χ0v) is 13.2. The molecule has 0 aliphatic carbocycles. The van der Waals surface area contributed by atoms with Gasteiger partial charge in [-0.3, -0.25) is 14.3 Å². The molecule has 2 atom stereocenters. The van der Waals surface area contributed by atoms with Gasteiger partial charge in [-0.25, -0.2) is 13.1 Å². The van der Waals surface area contributed by atoms with Gasteiger partial charge in [-0.2, -0.15) is 0 Å². The maximum Gasteiger partial charge on any atom is 0.292 e. The second-order valence-electron chi connectivity index (χ2n) is 4.47. The van der Waals surface area contributed by atoms with Crippen molar-refractivity contribution in [2.45, 2.75) is 23.5 Å². The number of nitrogens with zero attached hydrogens (tertiary/aromatic N) is 1. The molecule has 118 valence electrons. The molecule has 0 radical (unpaired) electrons. The Labute approximate surface area is 125 Å². The topological polar surface area (TPSA) is 132 Å². The SMILES string of the molecule is CC(CCNS(=O)(=O)c1ccc([N+](=O)[O-])c(N)c1)S(C)=O. The van der Waals surface area contributed by atoms with Gasteiger partial charge in [0.1, 0.15) is 5.69 Å². The minimum absolute atomic E-state index is 0.125. The van der Waals surface area contributed by atoms with Gasteiger partial charge in [0.2, 0.25) is 10.0 Å². The first kappa shape index (κ1) is 17.5. The molecule has 0 heterocycles. The number of sulfonamides is 1. The van der Waals surface area contributed by atoms with Gasteiger partial charge >= 0.3 is 0 Å². The van der Waals surface area contributed by atoms with Crippen molar-refractivity contribution >= 4 is 32.2 Å². The lowest BCUT2D eigenvalue weighted by molar-refractivity contribution is -0.383. The molecule has 3 N–H and O–H groups in total. The highest BCUT2D eigenvalue weighted by Gasteiger charge is 2.19. The molecule has 0 saturated carbocycles. The average molecular weight is 335 g/mol. The summed E-state index contributed by atoms with van der Waals surface area (Å²) in [6.45, 7) is 1.88. The molecule has 0 aliphatic heterocycles. The summed E-state index contributed by atoms with van der Waals surface area (Å²) in [6, 6.07) is 3.22. The summed E-state index contributed by atoms with van der Waals surface area (Å²) in [5, 5.41) is 10.5. The Morgan fingerprint density at radius 3 is 2.57 bits per heavy atom. The number of nitro benzene ring substituents is 1. The second kappa shape index (κ2) is 6.96. The Morgan fingerprint density at radius 1 is 1.48 bits per heavy atom. The highest BCUT2D eigenvalue weighted by molar-refractivity contribution is 7.89. The van der Waals surface area contributed by atoms with Crippen LogP contribution in [0.3, 0.4) is 0 Å². The lowest BCUT2D eigenvalue weighted by Gasteiger charge is -2.10. The van der Waals surface area contributed by atoms with Crippen LogP contribution >= 0.6 is 0 Å². The summed E-state index contributed by atoms with van der Waals surface area (Å²) in [5.41, 5.74) is 4.90. The van der Waals surface area contributed by atoms with E-state index in [-0.39, 0.29) is 28.1 Å². The van der Waals surface area contributed by atoms with Gasteiger partial charge in [-0.1, -0.05) is 6.92 Å². The average Bonchev–Trinajstić information content (AvgIpc) is 2.37. The minimum atomic E-state index is -3.80. The summed E-state index contributed by atoms with van der Waals surface area (Å²) in [6.07, 6.45) is 1.97. The summed E-state index contributed by atoms with van der Waals surface area (Å²) in [7, 11) is -4.82. The zero-order chi connectivity index (χ0) is 16.2. The molecule has 1 aromatic rings. The number of hydrogen-bond donors (Lipinski definition) is 2. The highest BCUT2D eigenvalue weighted by Crippen LogP contribution is 2.24. The lowest BCUT2D eigenvalue weighted by Crippen LogP contribution is -2.27. The van der Waals surface area contributed by atoms with E-state index < -0.39 is 25.7 Å². The molecule has 0 saturated heterocycles. The van der Waals surface area contributed by atoms with E-state index in [1.165, 1.54) is 0 Å².